The number of Topliss-reactive ketones (excluding diaryl/α,β-unsaturated/α-hetero) is 1. The highest BCUT2D eigenvalue weighted by Crippen LogP contribution is 2.15. The lowest BCUT2D eigenvalue weighted by atomic mass is 10.2. The summed E-state index contributed by atoms with van der Waals surface area (Å²) in [4.78, 5) is 18.0. The molecule has 7 nitrogen and oxygen atoms in total. The Balaban J connectivity index is 1.66. The number of pyridine rings is 1. The van der Waals surface area contributed by atoms with E-state index in [1.807, 2.05) is 12.1 Å². The van der Waals surface area contributed by atoms with Gasteiger partial charge in [-0.25, -0.2) is 18.1 Å². The summed E-state index contributed by atoms with van der Waals surface area (Å²) in [6, 6.07) is 9.73. The van der Waals surface area contributed by atoms with E-state index in [1.165, 1.54) is 19.1 Å². The number of nitrogens with zero attached hydrogens (tertiary/aromatic N) is 2. The van der Waals surface area contributed by atoms with Crippen LogP contribution in [-0.4, -0.2) is 45.5 Å². The molecular formula is C18H21N3O4S. The minimum Gasteiger partial charge on any atom is -0.378 e. The quantitative estimate of drug-likeness (QED) is 0.772. The molecule has 2 aromatic rings. The fourth-order valence-corrected chi connectivity index (χ4v) is 3.71. The van der Waals surface area contributed by atoms with Gasteiger partial charge in [0.2, 0.25) is 10.0 Å². The molecule has 1 fully saturated rings. The molecule has 8 heteroatoms. The highest BCUT2D eigenvalue weighted by atomic mass is 32.2. The molecule has 0 bridgehead atoms. The Morgan fingerprint density at radius 1 is 1.23 bits per heavy atom. The van der Waals surface area contributed by atoms with Crippen LogP contribution in [0.25, 0.3) is 0 Å². The number of carbonyl (C=O) groups excluding carboxylic acids is 1. The van der Waals surface area contributed by atoms with Crippen molar-refractivity contribution in [3.63, 3.8) is 0 Å². The number of aromatic nitrogens is 1. The van der Waals surface area contributed by atoms with Crippen molar-refractivity contribution in [3.8, 4) is 0 Å². The first kappa shape index (κ1) is 18.5. The lowest BCUT2D eigenvalue weighted by Gasteiger charge is -2.27. The molecule has 26 heavy (non-hydrogen) atoms. The summed E-state index contributed by atoms with van der Waals surface area (Å²) in [5.74, 6) is 0.680. The number of carbonyl (C=O) groups is 1. The van der Waals surface area contributed by atoms with E-state index in [-0.39, 0.29) is 17.2 Å². The van der Waals surface area contributed by atoms with Crippen LogP contribution in [0, 0.1) is 0 Å². The number of ketones is 1. The third-order valence-electron chi connectivity index (χ3n) is 4.16. The van der Waals surface area contributed by atoms with Gasteiger partial charge in [-0.3, -0.25) is 4.79 Å². The van der Waals surface area contributed by atoms with Gasteiger partial charge in [-0.2, -0.15) is 0 Å². The maximum atomic E-state index is 12.4. The van der Waals surface area contributed by atoms with Gasteiger partial charge in [0.15, 0.2) is 5.78 Å². The number of ether oxygens (including phenoxy) is 1. The topological polar surface area (TPSA) is 88.6 Å². The Labute approximate surface area is 153 Å². The second-order valence-corrected chi connectivity index (χ2v) is 7.80. The highest BCUT2D eigenvalue weighted by molar-refractivity contribution is 7.89. The lowest BCUT2D eigenvalue weighted by Crippen LogP contribution is -2.36. The zero-order valence-electron chi connectivity index (χ0n) is 14.5. The molecule has 0 atom stereocenters. The molecule has 1 aliphatic heterocycles. The molecule has 3 rings (SSSR count). The Kier molecular flexibility index (Phi) is 5.65. The van der Waals surface area contributed by atoms with E-state index in [9.17, 15) is 13.2 Å². The fourth-order valence-electron chi connectivity index (χ4n) is 2.64. The maximum Gasteiger partial charge on any atom is 0.240 e. The summed E-state index contributed by atoms with van der Waals surface area (Å²) in [6.07, 6.45) is 1.67. The third-order valence-corrected chi connectivity index (χ3v) is 5.56. The molecule has 0 spiro atoms. The summed E-state index contributed by atoms with van der Waals surface area (Å²) in [7, 11) is -3.70. The first-order valence-electron chi connectivity index (χ1n) is 8.34. The number of hydrogen-bond donors (Lipinski definition) is 1. The number of nitrogens with one attached hydrogen (secondary N) is 1. The van der Waals surface area contributed by atoms with E-state index in [0.717, 1.165) is 24.5 Å². The normalized spacial score (nSPS) is 15.0. The molecule has 1 N–H and O–H groups in total. The molecular weight excluding hydrogens is 354 g/mol. The average Bonchev–Trinajstić information content (AvgIpc) is 2.68. The molecule has 0 amide bonds. The first-order valence-corrected chi connectivity index (χ1v) is 9.82. The summed E-state index contributed by atoms with van der Waals surface area (Å²) in [5, 5.41) is 0. The van der Waals surface area contributed by atoms with Crippen LogP contribution < -0.4 is 9.62 Å². The maximum absolute atomic E-state index is 12.4. The van der Waals surface area contributed by atoms with Gasteiger partial charge in [0.1, 0.15) is 5.82 Å². The SMILES string of the molecule is CC(=O)c1cccc(S(=O)(=O)NCc2ccc(N3CCOCC3)nc2)c1. The van der Waals surface area contributed by atoms with Crippen molar-refractivity contribution in [3.05, 3.63) is 53.7 Å². The number of morpholine rings is 1. The summed E-state index contributed by atoms with van der Waals surface area (Å²) < 4.78 is 32.7. The Hall–Kier alpha value is -2.29. The molecule has 0 aliphatic carbocycles. The second kappa shape index (κ2) is 7.94. The van der Waals surface area contributed by atoms with Gasteiger partial charge in [-0.15, -0.1) is 0 Å². The monoisotopic (exact) mass is 375 g/mol. The van der Waals surface area contributed by atoms with Crippen LogP contribution in [0.4, 0.5) is 5.82 Å². The standard InChI is InChI=1S/C18H21N3O4S/c1-14(22)16-3-2-4-17(11-16)26(23,24)20-13-15-5-6-18(19-12-15)21-7-9-25-10-8-21/h2-6,11-12,20H,7-10,13H2,1H3. The lowest BCUT2D eigenvalue weighted by molar-refractivity contribution is 0.101. The fraction of sp³-hybridized carbons (Fsp3) is 0.333. The molecule has 2 heterocycles. The van der Waals surface area contributed by atoms with Crippen LogP contribution >= 0.6 is 0 Å². The summed E-state index contributed by atoms with van der Waals surface area (Å²) >= 11 is 0. The van der Waals surface area contributed by atoms with Crippen LogP contribution in [0.1, 0.15) is 22.8 Å². The van der Waals surface area contributed by atoms with Crippen LogP contribution in [0.3, 0.4) is 0 Å². The summed E-state index contributed by atoms with van der Waals surface area (Å²) in [5.41, 5.74) is 1.12. The molecule has 1 aliphatic rings. The van der Waals surface area contributed by atoms with E-state index in [2.05, 4.69) is 14.6 Å². The Bertz CT molecular complexity index is 876. The number of rotatable bonds is 6. The number of sulfonamides is 1. The Morgan fingerprint density at radius 2 is 2.00 bits per heavy atom. The van der Waals surface area contributed by atoms with Crippen molar-refractivity contribution in [2.75, 3.05) is 31.2 Å². The van der Waals surface area contributed by atoms with Gasteiger partial charge in [0.05, 0.1) is 18.1 Å². The van der Waals surface area contributed by atoms with Crippen molar-refractivity contribution in [1.29, 1.82) is 0 Å². The van der Waals surface area contributed by atoms with Gasteiger partial charge in [-0.1, -0.05) is 18.2 Å². The number of hydrogen-bond acceptors (Lipinski definition) is 6. The molecule has 1 aromatic carbocycles. The number of benzene rings is 1. The first-order chi connectivity index (χ1) is 12.5. The minimum absolute atomic E-state index is 0.0723. The predicted molar refractivity (Wildman–Crippen MR) is 97.7 cm³/mol. The van der Waals surface area contributed by atoms with Crippen LogP contribution in [0.5, 0.6) is 0 Å². The van der Waals surface area contributed by atoms with Crippen molar-refractivity contribution in [1.82, 2.24) is 9.71 Å². The van der Waals surface area contributed by atoms with Crippen molar-refractivity contribution in [2.24, 2.45) is 0 Å². The van der Waals surface area contributed by atoms with E-state index < -0.39 is 10.0 Å². The molecule has 1 saturated heterocycles. The van der Waals surface area contributed by atoms with Gasteiger partial charge >= 0.3 is 0 Å². The molecule has 138 valence electrons. The largest absolute Gasteiger partial charge is 0.378 e. The minimum atomic E-state index is -3.70. The zero-order chi connectivity index (χ0) is 18.6. The van der Waals surface area contributed by atoms with Gasteiger partial charge in [-0.05, 0) is 30.7 Å². The average molecular weight is 375 g/mol. The van der Waals surface area contributed by atoms with E-state index in [1.54, 1.807) is 18.3 Å². The van der Waals surface area contributed by atoms with Gasteiger partial charge < -0.3 is 9.64 Å². The van der Waals surface area contributed by atoms with Crippen molar-refractivity contribution >= 4 is 21.6 Å². The van der Waals surface area contributed by atoms with E-state index in [0.29, 0.717) is 18.8 Å². The molecule has 0 radical (unpaired) electrons. The summed E-state index contributed by atoms with van der Waals surface area (Å²) in [6.45, 7) is 4.49. The second-order valence-electron chi connectivity index (χ2n) is 6.03. The zero-order valence-corrected chi connectivity index (χ0v) is 15.3. The van der Waals surface area contributed by atoms with E-state index in [4.69, 9.17) is 4.74 Å². The van der Waals surface area contributed by atoms with E-state index >= 15 is 0 Å². The van der Waals surface area contributed by atoms with Crippen molar-refractivity contribution < 1.29 is 17.9 Å². The highest BCUT2D eigenvalue weighted by Gasteiger charge is 2.16. The molecule has 1 aromatic heterocycles. The molecule has 0 unspecified atom stereocenters. The molecule has 0 saturated carbocycles. The van der Waals surface area contributed by atoms with Crippen molar-refractivity contribution in [2.45, 2.75) is 18.4 Å². The smallest absolute Gasteiger partial charge is 0.240 e. The predicted octanol–water partition coefficient (Wildman–Crippen LogP) is 1.60. The Morgan fingerprint density at radius 3 is 2.65 bits per heavy atom. The van der Waals surface area contributed by atoms with Crippen LogP contribution in [0.2, 0.25) is 0 Å². The van der Waals surface area contributed by atoms with Gasteiger partial charge in [0, 0.05) is 31.4 Å². The number of anilines is 1. The van der Waals surface area contributed by atoms with Gasteiger partial charge in [0.25, 0.3) is 0 Å². The van der Waals surface area contributed by atoms with Crippen LogP contribution in [-0.2, 0) is 21.3 Å². The third kappa shape index (κ3) is 4.46. The van der Waals surface area contributed by atoms with Crippen LogP contribution in [0.15, 0.2) is 47.5 Å².